The van der Waals surface area contributed by atoms with Gasteiger partial charge >= 0.3 is 5.97 Å². The van der Waals surface area contributed by atoms with Gasteiger partial charge in [-0.15, -0.1) is 0 Å². The van der Waals surface area contributed by atoms with Gasteiger partial charge in [0.25, 0.3) is 0 Å². The van der Waals surface area contributed by atoms with Gasteiger partial charge in [-0.2, -0.15) is 0 Å². The average molecular weight is 527 g/mol. The van der Waals surface area contributed by atoms with Crippen molar-refractivity contribution in [3.63, 3.8) is 0 Å². The number of aryl methyl sites for hydroxylation is 1. The fourth-order valence-corrected chi connectivity index (χ4v) is 5.75. The molecule has 3 aromatic rings. The van der Waals surface area contributed by atoms with Crippen molar-refractivity contribution in [1.29, 1.82) is 0 Å². The summed E-state index contributed by atoms with van der Waals surface area (Å²) in [5.41, 5.74) is 6.68. The van der Waals surface area contributed by atoms with E-state index in [1.165, 1.54) is 111 Å². The maximum absolute atomic E-state index is 13.0. The Morgan fingerprint density at radius 1 is 0.692 bits per heavy atom. The van der Waals surface area contributed by atoms with Gasteiger partial charge in [0.2, 0.25) is 0 Å². The largest absolute Gasteiger partial charge is 0.496 e. The van der Waals surface area contributed by atoms with Crippen molar-refractivity contribution in [2.24, 2.45) is 0 Å². The van der Waals surface area contributed by atoms with E-state index in [1.54, 1.807) is 7.11 Å². The molecule has 0 saturated heterocycles. The predicted octanol–water partition coefficient (Wildman–Crippen LogP) is 10.1. The summed E-state index contributed by atoms with van der Waals surface area (Å²) in [6, 6.07) is 20.3. The van der Waals surface area contributed by atoms with Crippen molar-refractivity contribution in [1.82, 2.24) is 0 Å². The number of methoxy groups -OCH3 is 1. The quantitative estimate of drug-likeness (QED) is 0.0780. The Morgan fingerprint density at radius 3 is 2.03 bits per heavy atom. The first-order chi connectivity index (χ1) is 19.2. The van der Waals surface area contributed by atoms with E-state index in [4.69, 9.17) is 9.47 Å². The van der Waals surface area contributed by atoms with Crippen LogP contribution in [0.15, 0.2) is 60.7 Å². The molecule has 0 unspecified atom stereocenters. The topological polar surface area (TPSA) is 35.5 Å². The minimum Gasteiger partial charge on any atom is -0.496 e. The van der Waals surface area contributed by atoms with E-state index >= 15 is 0 Å². The summed E-state index contributed by atoms with van der Waals surface area (Å²) in [4.78, 5) is 13.0. The third kappa shape index (κ3) is 8.46. The van der Waals surface area contributed by atoms with Crippen LogP contribution in [0.25, 0.3) is 11.1 Å². The Hall–Kier alpha value is -3.07. The highest BCUT2D eigenvalue weighted by Gasteiger charge is 2.20. The molecule has 0 fully saturated rings. The summed E-state index contributed by atoms with van der Waals surface area (Å²) in [5, 5.41) is 0. The third-order valence-corrected chi connectivity index (χ3v) is 8.03. The number of rotatable bonds is 17. The second kappa shape index (κ2) is 15.5. The second-order valence-corrected chi connectivity index (χ2v) is 11.1. The molecule has 0 atom stereocenters. The van der Waals surface area contributed by atoms with E-state index < -0.39 is 0 Å². The van der Waals surface area contributed by atoms with Gasteiger partial charge in [0.05, 0.1) is 7.11 Å². The van der Waals surface area contributed by atoms with Crippen LogP contribution in [0, 0.1) is 0 Å². The van der Waals surface area contributed by atoms with Gasteiger partial charge < -0.3 is 9.47 Å². The van der Waals surface area contributed by atoms with E-state index in [9.17, 15) is 4.79 Å². The molecule has 0 amide bonds. The molecule has 0 aliphatic heterocycles. The number of ether oxygens (including phenoxy) is 2. The summed E-state index contributed by atoms with van der Waals surface area (Å²) in [6.45, 7) is 2.28. The zero-order valence-electron chi connectivity index (χ0n) is 24.1. The van der Waals surface area contributed by atoms with Crippen LogP contribution in [0.4, 0.5) is 0 Å². The number of hydrogen-bond acceptors (Lipinski definition) is 3. The zero-order valence-corrected chi connectivity index (χ0v) is 24.1. The lowest BCUT2D eigenvalue weighted by molar-refractivity contribution is 0.0731. The highest BCUT2D eigenvalue weighted by atomic mass is 16.5. The van der Waals surface area contributed by atoms with Crippen LogP contribution in [0.5, 0.6) is 11.5 Å². The number of carbonyl (C=O) groups excluding carboxylic acids is 1. The molecule has 1 aliphatic rings. The number of carbonyl (C=O) groups is 1. The Balaban J connectivity index is 1.17. The molecule has 4 rings (SSSR count). The maximum atomic E-state index is 13.0. The fraction of sp³-hybridized carbons (Fsp3) is 0.472. The molecule has 208 valence electrons. The van der Waals surface area contributed by atoms with Crippen molar-refractivity contribution >= 4 is 5.97 Å². The van der Waals surface area contributed by atoms with E-state index in [1.807, 2.05) is 30.3 Å². The van der Waals surface area contributed by atoms with E-state index in [2.05, 4.69) is 37.3 Å². The van der Waals surface area contributed by atoms with Crippen molar-refractivity contribution in [3.05, 3.63) is 82.9 Å². The predicted molar refractivity (Wildman–Crippen MR) is 162 cm³/mol. The molecular weight excluding hydrogens is 480 g/mol. The van der Waals surface area contributed by atoms with Gasteiger partial charge in [0.1, 0.15) is 17.1 Å². The lowest BCUT2D eigenvalue weighted by Crippen LogP contribution is -2.10. The Kier molecular flexibility index (Phi) is 11.5. The molecule has 0 aromatic heterocycles. The second-order valence-electron chi connectivity index (χ2n) is 11.1. The number of benzene rings is 3. The van der Waals surface area contributed by atoms with Crippen molar-refractivity contribution in [3.8, 4) is 22.6 Å². The summed E-state index contributed by atoms with van der Waals surface area (Å²) in [5.74, 6) is 0.778. The van der Waals surface area contributed by atoms with Crippen molar-refractivity contribution in [2.75, 3.05) is 7.11 Å². The van der Waals surface area contributed by atoms with Crippen LogP contribution in [-0.4, -0.2) is 13.1 Å². The Bertz CT molecular complexity index is 1200. The molecule has 0 heterocycles. The Labute approximate surface area is 235 Å². The molecule has 3 heteroatoms. The minimum absolute atomic E-state index is 0.380. The van der Waals surface area contributed by atoms with Crippen LogP contribution in [0.1, 0.15) is 117 Å². The maximum Gasteiger partial charge on any atom is 0.347 e. The number of fused-ring (bicyclic) bond motifs is 3. The molecule has 3 aromatic carbocycles. The van der Waals surface area contributed by atoms with E-state index in [0.29, 0.717) is 17.1 Å². The van der Waals surface area contributed by atoms with Crippen LogP contribution in [-0.2, 0) is 12.8 Å². The fourth-order valence-electron chi connectivity index (χ4n) is 5.75. The first-order valence-corrected chi connectivity index (χ1v) is 15.3. The van der Waals surface area contributed by atoms with Gasteiger partial charge in [0.15, 0.2) is 0 Å². The summed E-state index contributed by atoms with van der Waals surface area (Å²) >= 11 is 0. The number of hydrogen-bond donors (Lipinski definition) is 0. The monoisotopic (exact) mass is 526 g/mol. The molecule has 0 bridgehead atoms. The van der Waals surface area contributed by atoms with E-state index in [-0.39, 0.29) is 5.97 Å². The van der Waals surface area contributed by atoms with Crippen LogP contribution in [0.2, 0.25) is 0 Å². The highest BCUT2D eigenvalue weighted by Crippen LogP contribution is 2.38. The molecule has 39 heavy (non-hydrogen) atoms. The van der Waals surface area contributed by atoms with Gasteiger partial charge in [-0.1, -0.05) is 120 Å². The average Bonchev–Trinajstić information content (AvgIpc) is 3.33. The molecule has 1 aliphatic carbocycles. The minimum atomic E-state index is -0.380. The van der Waals surface area contributed by atoms with Gasteiger partial charge in [-0.25, -0.2) is 4.79 Å². The van der Waals surface area contributed by atoms with Gasteiger partial charge in [-0.3, -0.25) is 0 Å². The highest BCUT2D eigenvalue weighted by molar-refractivity contribution is 5.94. The molecule has 0 radical (unpaired) electrons. The van der Waals surface area contributed by atoms with Crippen LogP contribution >= 0.6 is 0 Å². The molecule has 0 N–H and O–H groups in total. The third-order valence-electron chi connectivity index (χ3n) is 8.03. The van der Waals surface area contributed by atoms with Gasteiger partial charge in [-0.05, 0) is 71.3 Å². The molecular formula is C36H46O3. The van der Waals surface area contributed by atoms with Crippen LogP contribution < -0.4 is 9.47 Å². The first-order valence-electron chi connectivity index (χ1n) is 15.3. The van der Waals surface area contributed by atoms with Gasteiger partial charge in [0, 0.05) is 0 Å². The van der Waals surface area contributed by atoms with E-state index in [0.717, 1.165) is 12.8 Å². The van der Waals surface area contributed by atoms with Crippen LogP contribution in [0.3, 0.4) is 0 Å². The smallest absolute Gasteiger partial charge is 0.347 e. The first kappa shape index (κ1) is 28.9. The lowest BCUT2D eigenvalue weighted by atomic mass is 10.0. The molecule has 0 spiro atoms. The summed E-state index contributed by atoms with van der Waals surface area (Å²) in [7, 11) is 1.62. The summed E-state index contributed by atoms with van der Waals surface area (Å²) in [6.07, 6.45) is 19.5. The SMILES string of the molecule is CCCCCCCCCCCCCCCc1ccc(C(=O)Oc2ccc3c(c2)Cc2ccccc2-3)c(OC)c1. The number of esters is 1. The summed E-state index contributed by atoms with van der Waals surface area (Å²) < 4.78 is 11.3. The standard InChI is InChI=1S/C36H46O3/c1-3-4-5-6-7-8-9-10-11-12-13-14-15-18-28-21-23-34(35(25-28)38-2)36(37)39-31-22-24-33-30(27-31)26-29-19-16-17-20-32(29)33/h16-17,19-25,27H,3-15,18,26H2,1-2H3. The zero-order chi connectivity index (χ0) is 27.3. The normalized spacial score (nSPS) is 11.7. The number of unbranched alkanes of at least 4 members (excludes halogenated alkanes) is 12. The Morgan fingerprint density at radius 2 is 1.33 bits per heavy atom. The molecule has 0 saturated carbocycles. The molecule has 3 nitrogen and oxygen atoms in total. The lowest BCUT2D eigenvalue weighted by Gasteiger charge is -2.11. The van der Waals surface area contributed by atoms with Crippen molar-refractivity contribution in [2.45, 2.75) is 103 Å². The van der Waals surface area contributed by atoms with Crippen molar-refractivity contribution < 1.29 is 14.3 Å².